The number of methoxy groups -OCH3 is 1. The number of anilines is 1. The van der Waals surface area contributed by atoms with Crippen LogP contribution >= 0.6 is 0 Å². The van der Waals surface area contributed by atoms with Crippen LogP contribution in [0.1, 0.15) is 20.8 Å². The van der Waals surface area contributed by atoms with Crippen molar-refractivity contribution in [3.8, 4) is 5.75 Å². The molecule has 7 heteroatoms. The van der Waals surface area contributed by atoms with Crippen LogP contribution in [0.15, 0.2) is 30.5 Å². The molecule has 0 bridgehead atoms. The van der Waals surface area contributed by atoms with Gasteiger partial charge in [0.05, 0.1) is 19.0 Å². The van der Waals surface area contributed by atoms with Crippen molar-refractivity contribution < 1.29 is 19.4 Å². The molecular weight excluding hydrogens is 262 g/mol. The molecule has 1 aromatic heterocycles. The Hall–Kier alpha value is -2.83. The molecule has 0 spiro atoms. The van der Waals surface area contributed by atoms with E-state index >= 15 is 0 Å². The van der Waals surface area contributed by atoms with Gasteiger partial charge in [-0.15, -0.1) is 0 Å². The lowest BCUT2D eigenvalue weighted by Gasteiger charge is -2.06. The number of aromatic carboxylic acids is 1. The van der Waals surface area contributed by atoms with Gasteiger partial charge in [0.2, 0.25) is 0 Å². The number of benzene rings is 1. The Labute approximate surface area is 114 Å². The van der Waals surface area contributed by atoms with Crippen molar-refractivity contribution in [2.45, 2.75) is 0 Å². The average Bonchev–Trinajstić information content (AvgIpc) is 2.79. The predicted molar refractivity (Wildman–Crippen MR) is 71.1 cm³/mol. The van der Waals surface area contributed by atoms with E-state index in [2.05, 4.69) is 10.4 Å². The first-order valence-corrected chi connectivity index (χ1v) is 5.73. The Morgan fingerprint density at radius 1 is 1.40 bits per heavy atom. The highest BCUT2D eigenvalue weighted by Gasteiger charge is 2.18. The number of carbonyl (C=O) groups is 2. The van der Waals surface area contributed by atoms with Gasteiger partial charge in [-0.1, -0.05) is 6.07 Å². The lowest BCUT2D eigenvalue weighted by atomic mass is 10.2. The van der Waals surface area contributed by atoms with Crippen LogP contribution in [0, 0.1) is 0 Å². The van der Waals surface area contributed by atoms with Gasteiger partial charge in [0.15, 0.2) is 5.69 Å². The first kappa shape index (κ1) is 13.6. The number of aromatic nitrogens is 2. The highest BCUT2D eigenvalue weighted by atomic mass is 16.5. The number of amides is 1. The lowest BCUT2D eigenvalue weighted by Crippen LogP contribution is -2.15. The number of nitrogens with zero attached hydrogens (tertiary/aromatic N) is 2. The Bertz CT molecular complexity index is 663. The first-order chi connectivity index (χ1) is 9.52. The zero-order valence-corrected chi connectivity index (χ0v) is 11.0. The van der Waals surface area contributed by atoms with E-state index in [1.807, 2.05) is 0 Å². The van der Waals surface area contributed by atoms with Gasteiger partial charge in [0.1, 0.15) is 5.75 Å². The first-order valence-electron chi connectivity index (χ1n) is 5.73. The molecule has 0 aliphatic rings. The lowest BCUT2D eigenvalue weighted by molar-refractivity contribution is 0.0686. The summed E-state index contributed by atoms with van der Waals surface area (Å²) >= 11 is 0. The van der Waals surface area contributed by atoms with E-state index in [0.717, 1.165) is 0 Å². The Kier molecular flexibility index (Phi) is 3.69. The SMILES string of the molecule is COc1cccc(C(=O)Nc2cnn(C)c2C(=O)O)c1. The highest BCUT2D eigenvalue weighted by Crippen LogP contribution is 2.17. The minimum Gasteiger partial charge on any atom is -0.497 e. The molecule has 7 nitrogen and oxygen atoms in total. The second-order valence-electron chi connectivity index (χ2n) is 4.02. The predicted octanol–water partition coefficient (Wildman–Crippen LogP) is 1.38. The van der Waals surface area contributed by atoms with Gasteiger partial charge in [-0.05, 0) is 18.2 Å². The molecule has 20 heavy (non-hydrogen) atoms. The van der Waals surface area contributed by atoms with Crippen LogP contribution in [0.4, 0.5) is 5.69 Å². The maximum atomic E-state index is 12.1. The summed E-state index contributed by atoms with van der Waals surface area (Å²) in [5.74, 6) is -1.05. The van der Waals surface area contributed by atoms with Gasteiger partial charge in [-0.2, -0.15) is 5.10 Å². The normalized spacial score (nSPS) is 10.1. The molecule has 0 unspecified atom stereocenters. The summed E-state index contributed by atoms with van der Waals surface area (Å²) in [6.07, 6.45) is 1.29. The van der Waals surface area contributed by atoms with Crippen LogP contribution in [0.25, 0.3) is 0 Å². The number of nitrogens with one attached hydrogen (secondary N) is 1. The smallest absolute Gasteiger partial charge is 0.356 e. The molecule has 0 radical (unpaired) electrons. The molecule has 0 aliphatic heterocycles. The molecule has 1 aromatic carbocycles. The number of aryl methyl sites for hydroxylation is 1. The van der Waals surface area contributed by atoms with Crippen molar-refractivity contribution in [1.29, 1.82) is 0 Å². The molecule has 0 aliphatic carbocycles. The third-order valence-corrected chi connectivity index (χ3v) is 2.72. The molecule has 0 atom stereocenters. The number of ether oxygens (including phenoxy) is 1. The van der Waals surface area contributed by atoms with Crippen molar-refractivity contribution in [1.82, 2.24) is 9.78 Å². The van der Waals surface area contributed by atoms with Crippen molar-refractivity contribution in [3.63, 3.8) is 0 Å². The van der Waals surface area contributed by atoms with Gasteiger partial charge >= 0.3 is 5.97 Å². The van der Waals surface area contributed by atoms with Crippen LogP contribution in [0.2, 0.25) is 0 Å². The maximum Gasteiger partial charge on any atom is 0.356 e. The minimum atomic E-state index is -1.16. The van der Waals surface area contributed by atoms with E-state index in [1.54, 1.807) is 24.3 Å². The molecule has 0 saturated carbocycles. The van der Waals surface area contributed by atoms with Crippen LogP contribution in [-0.2, 0) is 7.05 Å². The quantitative estimate of drug-likeness (QED) is 0.879. The molecule has 2 rings (SSSR count). The fraction of sp³-hybridized carbons (Fsp3) is 0.154. The van der Waals surface area contributed by atoms with Crippen LogP contribution < -0.4 is 10.1 Å². The maximum absolute atomic E-state index is 12.1. The molecule has 0 fully saturated rings. The summed E-state index contributed by atoms with van der Waals surface area (Å²) in [7, 11) is 2.99. The molecule has 1 heterocycles. The summed E-state index contributed by atoms with van der Waals surface area (Å²) in [6, 6.07) is 6.55. The van der Waals surface area contributed by atoms with E-state index in [1.165, 1.54) is 25.0 Å². The van der Waals surface area contributed by atoms with Gasteiger partial charge < -0.3 is 15.2 Å². The molecule has 2 N–H and O–H groups in total. The zero-order valence-electron chi connectivity index (χ0n) is 11.0. The molecular formula is C13H13N3O4. The monoisotopic (exact) mass is 275 g/mol. The summed E-state index contributed by atoms with van der Waals surface area (Å²) in [5.41, 5.74) is 0.429. The number of carboxylic acid groups (broad SMARTS) is 1. The van der Waals surface area contributed by atoms with Crippen LogP contribution in [-0.4, -0.2) is 33.9 Å². The van der Waals surface area contributed by atoms with Crippen LogP contribution in [0.3, 0.4) is 0 Å². The molecule has 104 valence electrons. The van der Waals surface area contributed by atoms with E-state index in [0.29, 0.717) is 11.3 Å². The topological polar surface area (TPSA) is 93.5 Å². The largest absolute Gasteiger partial charge is 0.497 e. The Balaban J connectivity index is 2.26. The van der Waals surface area contributed by atoms with Gasteiger partial charge in [-0.25, -0.2) is 4.79 Å². The average molecular weight is 275 g/mol. The highest BCUT2D eigenvalue weighted by molar-refractivity contribution is 6.07. The molecule has 1 amide bonds. The summed E-state index contributed by atoms with van der Waals surface area (Å²) < 4.78 is 6.21. The van der Waals surface area contributed by atoms with Gasteiger partial charge in [0, 0.05) is 12.6 Å². The summed E-state index contributed by atoms with van der Waals surface area (Å²) in [4.78, 5) is 23.2. The fourth-order valence-corrected chi connectivity index (χ4v) is 1.74. The number of carboxylic acids is 1. The van der Waals surface area contributed by atoms with Gasteiger partial charge in [0.25, 0.3) is 5.91 Å². The number of hydrogen-bond acceptors (Lipinski definition) is 4. The van der Waals surface area contributed by atoms with E-state index in [-0.39, 0.29) is 11.4 Å². The molecule has 2 aromatic rings. The van der Waals surface area contributed by atoms with E-state index in [4.69, 9.17) is 9.84 Å². The van der Waals surface area contributed by atoms with Crippen molar-refractivity contribution >= 4 is 17.6 Å². The Morgan fingerprint density at radius 3 is 2.80 bits per heavy atom. The summed E-state index contributed by atoms with van der Waals surface area (Å²) in [6.45, 7) is 0. The fourth-order valence-electron chi connectivity index (χ4n) is 1.74. The number of carbonyl (C=O) groups excluding carboxylic acids is 1. The minimum absolute atomic E-state index is 0.0822. The number of rotatable bonds is 4. The van der Waals surface area contributed by atoms with E-state index in [9.17, 15) is 9.59 Å². The zero-order chi connectivity index (χ0) is 14.7. The standard InChI is InChI=1S/C13H13N3O4/c1-16-11(13(18)19)10(7-14-16)15-12(17)8-4-3-5-9(6-8)20-2/h3-7H,1-2H3,(H,15,17)(H,18,19). The Morgan fingerprint density at radius 2 is 2.15 bits per heavy atom. The second kappa shape index (κ2) is 5.43. The van der Waals surface area contributed by atoms with Crippen LogP contribution in [0.5, 0.6) is 5.75 Å². The van der Waals surface area contributed by atoms with E-state index < -0.39 is 11.9 Å². The number of hydrogen-bond donors (Lipinski definition) is 2. The second-order valence-corrected chi connectivity index (χ2v) is 4.02. The third kappa shape index (κ3) is 2.61. The third-order valence-electron chi connectivity index (χ3n) is 2.72. The summed E-state index contributed by atoms with van der Waals surface area (Å²) in [5, 5.41) is 15.4. The van der Waals surface area contributed by atoms with Crippen molar-refractivity contribution in [3.05, 3.63) is 41.7 Å². The molecule has 0 saturated heterocycles. The van der Waals surface area contributed by atoms with Crippen molar-refractivity contribution in [2.75, 3.05) is 12.4 Å². The van der Waals surface area contributed by atoms with Crippen molar-refractivity contribution in [2.24, 2.45) is 7.05 Å². The van der Waals surface area contributed by atoms with Gasteiger partial charge in [-0.3, -0.25) is 9.48 Å².